The molecule has 2 heterocycles. The van der Waals surface area contributed by atoms with Crippen molar-refractivity contribution in [3.8, 4) is 11.1 Å². The van der Waals surface area contributed by atoms with Crippen LogP contribution in [-0.4, -0.2) is 44.9 Å². The minimum absolute atomic E-state index is 0.366. The highest BCUT2D eigenvalue weighted by Crippen LogP contribution is 2.26. The van der Waals surface area contributed by atoms with Crippen molar-refractivity contribution >= 4 is 10.4 Å². The van der Waals surface area contributed by atoms with Crippen molar-refractivity contribution < 1.29 is 8.76 Å². The Labute approximate surface area is 167 Å². The monoisotopic (exact) mass is 393 g/mol. The van der Waals surface area contributed by atoms with Crippen LogP contribution in [0.2, 0.25) is 0 Å². The molecular formula is C22H23N3O2S. The predicted octanol–water partition coefficient (Wildman–Crippen LogP) is 3.47. The maximum atomic E-state index is 12.8. The molecule has 28 heavy (non-hydrogen) atoms. The van der Waals surface area contributed by atoms with Gasteiger partial charge in [-0.15, -0.1) is 4.31 Å². The summed E-state index contributed by atoms with van der Waals surface area (Å²) in [5.74, 6) is 0. The summed E-state index contributed by atoms with van der Waals surface area (Å²) in [6, 6.07) is 21.0. The summed E-state index contributed by atoms with van der Waals surface area (Å²) in [5.41, 5.74) is 3.51. The molecule has 0 spiro atoms. The molecule has 0 N–H and O–H groups in total. The molecule has 1 fully saturated rings. The van der Waals surface area contributed by atoms with Crippen molar-refractivity contribution in [2.24, 2.45) is 0 Å². The van der Waals surface area contributed by atoms with Gasteiger partial charge in [-0.1, -0.05) is 52.7 Å². The van der Waals surface area contributed by atoms with Gasteiger partial charge in [-0.25, -0.2) is 0 Å². The Morgan fingerprint density at radius 3 is 2.32 bits per heavy atom. The molecule has 1 atom stereocenters. The summed E-state index contributed by atoms with van der Waals surface area (Å²) < 4.78 is 27.2. The third kappa shape index (κ3) is 4.05. The predicted molar refractivity (Wildman–Crippen MR) is 110 cm³/mol. The summed E-state index contributed by atoms with van der Waals surface area (Å²) in [6.45, 7) is 3.24. The third-order valence-electron chi connectivity index (χ3n) is 5.10. The van der Waals surface area contributed by atoms with Gasteiger partial charge in [0.25, 0.3) is 0 Å². The molecule has 0 amide bonds. The van der Waals surface area contributed by atoms with Crippen molar-refractivity contribution in [2.45, 2.75) is 11.4 Å². The molecule has 1 aromatic heterocycles. The van der Waals surface area contributed by atoms with Crippen molar-refractivity contribution in [1.29, 1.82) is 0 Å². The van der Waals surface area contributed by atoms with Gasteiger partial charge in [0, 0.05) is 37.6 Å². The first-order chi connectivity index (χ1) is 13.6. The maximum absolute atomic E-state index is 12.8. The van der Waals surface area contributed by atoms with Gasteiger partial charge in [-0.05, 0) is 29.3 Å². The van der Waals surface area contributed by atoms with Gasteiger partial charge in [0.1, 0.15) is 0 Å². The lowest BCUT2D eigenvalue weighted by Crippen LogP contribution is -2.50. The largest absolute Gasteiger partial charge is 0.593 e. The highest BCUT2D eigenvalue weighted by molar-refractivity contribution is 7.95. The number of sulfonamides is 1. The maximum Gasteiger partial charge on any atom is 0.175 e. The molecular weight excluding hydrogens is 370 g/mol. The average Bonchev–Trinajstić information content (AvgIpc) is 2.76. The number of aromatic nitrogens is 1. The normalized spacial score (nSPS) is 17.9. The van der Waals surface area contributed by atoms with Crippen molar-refractivity contribution in [3.05, 3.63) is 84.7 Å². The SMILES string of the molecule is O=[S+]([O-])(c1ccccc1)N1CCN(Cc2ccccc2-c2cccnc2)CC1. The zero-order chi connectivity index (χ0) is 19.4. The van der Waals surface area contributed by atoms with Crippen LogP contribution in [0.4, 0.5) is 0 Å². The summed E-state index contributed by atoms with van der Waals surface area (Å²) in [6.07, 6.45) is 3.65. The van der Waals surface area contributed by atoms with E-state index in [1.165, 1.54) is 11.1 Å². The van der Waals surface area contributed by atoms with Crippen molar-refractivity contribution in [3.63, 3.8) is 0 Å². The topological polar surface area (TPSA) is 59.5 Å². The Hall–Kier alpha value is -2.38. The van der Waals surface area contributed by atoms with E-state index >= 15 is 0 Å². The van der Waals surface area contributed by atoms with E-state index in [1.54, 1.807) is 34.8 Å². The molecule has 1 unspecified atom stereocenters. The van der Waals surface area contributed by atoms with E-state index in [-0.39, 0.29) is 0 Å². The quantitative estimate of drug-likeness (QED) is 0.623. The Kier molecular flexibility index (Phi) is 5.64. The fourth-order valence-electron chi connectivity index (χ4n) is 3.57. The number of benzene rings is 2. The second-order valence-corrected chi connectivity index (χ2v) is 8.83. The average molecular weight is 394 g/mol. The molecule has 144 valence electrons. The van der Waals surface area contributed by atoms with E-state index in [9.17, 15) is 8.76 Å². The number of rotatable bonds is 5. The number of nitrogens with zero attached hydrogens (tertiary/aromatic N) is 3. The molecule has 0 saturated carbocycles. The highest BCUT2D eigenvalue weighted by atomic mass is 32.3. The van der Waals surface area contributed by atoms with Crippen LogP contribution in [-0.2, 0) is 21.2 Å². The first-order valence-electron chi connectivity index (χ1n) is 9.40. The summed E-state index contributed by atoms with van der Waals surface area (Å²) >= 11 is 0. The molecule has 1 aliphatic heterocycles. The number of pyridine rings is 1. The second kappa shape index (κ2) is 8.32. The van der Waals surface area contributed by atoms with Crippen LogP contribution in [0.3, 0.4) is 0 Å². The molecule has 2 aromatic carbocycles. The first-order valence-corrected chi connectivity index (χ1v) is 10.8. The number of piperazine rings is 1. The first kappa shape index (κ1) is 19.0. The van der Waals surface area contributed by atoms with E-state index < -0.39 is 10.4 Å². The second-order valence-electron chi connectivity index (χ2n) is 6.89. The van der Waals surface area contributed by atoms with Gasteiger partial charge in [0.2, 0.25) is 0 Å². The van der Waals surface area contributed by atoms with E-state index in [4.69, 9.17) is 0 Å². The van der Waals surface area contributed by atoms with Crippen LogP contribution in [0.15, 0.2) is 84.0 Å². The van der Waals surface area contributed by atoms with E-state index in [1.807, 2.05) is 30.5 Å². The van der Waals surface area contributed by atoms with Crippen LogP contribution in [0.1, 0.15) is 5.56 Å². The van der Waals surface area contributed by atoms with Gasteiger partial charge >= 0.3 is 0 Å². The summed E-state index contributed by atoms with van der Waals surface area (Å²) in [5, 5.41) is 0. The summed E-state index contributed by atoms with van der Waals surface area (Å²) in [7, 11) is -3.41. The van der Waals surface area contributed by atoms with E-state index in [2.05, 4.69) is 28.1 Å². The highest BCUT2D eigenvalue weighted by Gasteiger charge is 2.33. The molecule has 6 heteroatoms. The Morgan fingerprint density at radius 2 is 1.61 bits per heavy atom. The van der Waals surface area contributed by atoms with Gasteiger partial charge < -0.3 is 4.55 Å². The molecule has 1 aliphatic rings. The Bertz CT molecular complexity index is 958. The van der Waals surface area contributed by atoms with Gasteiger partial charge in [0.15, 0.2) is 15.3 Å². The lowest BCUT2D eigenvalue weighted by atomic mass is 10.0. The fraction of sp³-hybridized carbons (Fsp3) is 0.227. The Morgan fingerprint density at radius 1 is 0.893 bits per heavy atom. The molecule has 0 radical (unpaired) electrons. The lowest BCUT2D eigenvalue weighted by Gasteiger charge is -2.36. The molecule has 4 rings (SSSR count). The Balaban J connectivity index is 1.44. The zero-order valence-electron chi connectivity index (χ0n) is 15.6. The zero-order valence-corrected chi connectivity index (χ0v) is 16.4. The van der Waals surface area contributed by atoms with Gasteiger partial charge in [0.05, 0.1) is 13.1 Å². The van der Waals surface area contributed by atoms with Crippen LogP contribution in [0.25, 0.3) is 11.1 Å². The molecule has 0 bridgehead atoms. The number of hydrogen-bond acceptors (Lipinski definition) is 4. The van der Waals surface area contributed by atoms with E-state index in [0.717, 1.165) is 12.1 Å². The van der Waals surface area contributed by atoms with Crippen LogP contribution < -0.4 is 0 Å². The van der Waals surface area contributed by atoms with Crippen LogP contribution in [0, 0.1) is 0 Å². The lowest BCUT2D eigenvalue weighted by molar-refractivity contribution is 0.174. The minimum Gasteiger partial charge on any atom is -0.593 e. The van der Waals surface area contributed by atoms with Crippen LogP contribution >= 0.6 is 0 Å². The fourth-order valence-corrected chi connectivity index (χ4v) is 5.02. The molecule has 3 aromatic rings. The van der Waals surface area contributed by atoms with E-state index in [0.29, 0.717) is 31.1 Å². The van der Waals surface area contributed by atoms with Crippen LogP contribution in [0.5, 0.6) is 0 Å². The minimum atomic E-state index is -3.41. The molecule has 5 nitrogen and oxygen atoms in total. The third-order valence-corrected chi connectivity index (χ3v) is 7.01. The molecule has 1 saturated heterocycles. The smallest absolute Gasteiger partial charge is 0.175 e. The van der Waals surface area contributed by atoms with Gasteiger partial charge in [-0.2, -0.15) is 0 Å². The van der Waals surface area contributed by atoms with Crippen molar-refractivity contribution in [1.82, 2.24) is 14.2 Å². The van der Waals surface area contributed by atoms with Gasteiger partial charge in [-0.3, -0.25) is 9.88 Å². The molecule has 0 aliphatic carbocycles. The number of hydrogen-bond donors (Lipinski definition) is 0. The summed E-state index contributed by atoms with van der Waals surface area (Å²) in [4.78, 5) is 6.91. The van der Waals surface area contributed by atoms with Crippen molar-refractivity contribution in [2.75, 3.05) is 26.2 Å². The standard InChI is InChI=1S/C22H23N3O2S/c26-28(27,21-9-2-1-3-10-21)25-15-13-24(14-16-25)18-20-7-4-5-11-22(20)19-8-6-12-23-17-19/h1-12,17H,13-16,18H2.